The first kappa shape index (κ1) is 20.8. The molecule has 0 aliphatic carbocycles. The summed E-state index contributed by atoms with van der Waals surface area (Å²) < 4.78 is 27.2. The van der Waals surface area contributed by atoms with Gasteiger partial charge in [0.2, 0.25) is 10.0 Å². The Labute approximate surface area is 178 Å². The van der Waals surface area contributed by atoms with Crippen molar-refractivity contribution in [3.05, 3.63) is 77.5 Å². The van der Waals surface area contributed by atoms with Crippen LogP contribution in [0.15, 0.2) is 60.8 Å². The van der Waals surface area contributed by atoms with Gasteiger partial charge in [-0.05, 0) is 18.6 Å². The maximum atomic E-state index is 11.8. The zero-order valence-electron chi connectivity index (χ0n) is 17.5. The van der Waals surface area contributed by atoms with E-state index in [1.807, 2.05) is 22.9 Å². The Morgan fingerprint density at radius 2 is 1.67 bits per heavy atom. The third-order valence-electron chi connectivity index (χ3n) is 5.51. The van der Waals surface area contributed by atoms with Crippen LogP contribution in [0.1, 0.15) is 16.7 Å². The predicted octanol–water partition coefficient (Wildman–Crippen LogP) is 2.98. The number of hydrogen-bond acceptors (Lipinski definition) is 4. The van der Waals surface area contributed by atoms with E-state index in [4.69, 9.17) is 5.10 Å². The number of hydrogen-bond donors (Lipinski definition) is 0. The second-order valence-electron chi connectivity index (χ2n) is 7.99. The summed E-state index contributed by atoms with van der Waals surface area (Å²) in [6, 6.07) is 18.8. The Morgan fingerprint density at radius 1 is 0.933 bits per heavy atom. The topological polar surface area (TPSA) is 58.4 Å². The number of rotatable bonds is 6. The number of benzene rings is 2. The average Bonchev–Trinajstić information content (AvgIpc) is 3.10. The number of aryl methyl sites for hydroxylation is 1. The van der Waals surface area contributed by atoms with Crippen molar-refractivity contribution in [3.8, 4) is 11.3 Å². The minimum Gasteiger partial charge on any atom is -0.296 e. The van der Waals surface area contributed by atoms with Crippen LogP contribution in [0.5, 0.6) is 0 Å². The SMILES string of the molecule is Cc1cccc(-c2nn(Cc3ccccc3)cc2CN2CCN(S(C)(=O)=O)CC2)c1. The van der Waals surface area contributed by atoms with E-state index in [1.54, 1.807) is 4.31 Å². The van der Waals surface area contributed by atoms with Gasteiger partial charge in [0, 0.05) is 50.0 Å². The molecule has 3 aromatic rings. The molecule has 2 aromatic carbocycles. The monoisotopic (exact) mass is 424 g/mol. The molecule has 0 atom stereocenters. The molecule has 0 unspecified atom stereocenters. The Bertz CT molecular complexity index is 1100. The molecule has 0 N–H and O–H groups in total. The highest BCUT2D eigenvalue weighted by molar-refractivity contribution is 7.88. The largest absolute Gasteiger partial charge is 0.296 e. The van der Waals surface area contributed by atoms with Crippen LogP contribution in [0.2, 0.25) is 0 Å². The first-order valence-electron chi connectivity index (χ1n) is 10.2. The standard InChI is InChI=1S/C23H28N4O2S/c1-19-7-6-10-21(15-19)23-22(17-25-11-13-27(14-12-25)30(2,28)29)18-26(24-23)16-20-8-4-3-5-9-20/h3-10,15,18H,11-14,16-17H2,1-2H3. The molecule has 0 spiro atoms. The molecule has 1 aliphatic heterocycles. The van der Waals surface area contributed by atoms with Gasteiger partial charge in [0.25, 0.3) is 0 Å². The molecule has 0 saturated carbocycles. The number of sulfonamides is 1. The van der Waals surface area contributed by atoms with E-state index in [0.717, 1.165) is 37.4 Å². The van der Waals surface area contributed by atoms with Gasteiger partial charge < -0.3 is 0 Å². The van der Waals surface area contributed by atoms with E-state index in [1.165, 1.54) is 22.9 Å². The van der Waals surface area contributed by atoms with Crippen LogP contribution in [0.4, 0.5) is 0 Å². The molecule has 2 heterocycles. The summed E-state index contributed by atoms with van der Waals surface area (Å²) in [4.78, 5) is 2.31. The van der Waals surface area contributed by atoms with Gasteiger partial charge in [-0.1, -0.05) is 54.1 Å². The van der Waals surface area contributed by atoms with Crippen LogP contribution >= 0.6 is 0 Å². The van der Waals surface area contributed by atoms with E-state index >= 15 is 0 Å². The van der Waals surface area contributed by atoms with Gasteiger partial charge in [0.15, 0.2) is 0 Å². The van der Waals surface area contributed by atoms with Crippen molar-refractivity contribution < 1.29 is 8.42 Å². The predicted molar refractivity (Wildman–Crippen MR) is 120 cm³/mol. The second-order valence-corrected chi connectivity index (χ2v) is 9.98. The summed E-state index contributed by atoms with van der Waals surface area (Å²) >= 11 is 0. The summed E-state index contributed by atoms with van der Waals surface area (Å²) in [5.74, 6) is 0. The molecule has 1 saturated heterocycles. The summed E-state index contributed by atoms with van der Waals surface area (Å²) in [5, 5.41) is 4.92. The van der Waals surface area contributed by atoms with Gasteiger partial charge in [-0.2, -0.15) is 9.40 Å². The smallest absolute Gasteiger partial charge is 0.211 e. The fourth-order valence-electron chi connectivity index (χ4n) is 3.93. The zero-order valence-corrected chi connectivity index (χ0v) is 18.3. The minimum atomic E-state index is -3.12. The van der Waals surface area contributed by atoms with E-state index in [2.05, 4.69) is 54.4 Å². The minimum absolute atomic E-state index is 0.538. The van der Waals surface area contributed by atoms with Gasteiger partial charge in [-0.3, -0.25) is 9.58 Å². The van der Waals surface area contributed by atoms with Crippen molar-refractivity contribution in [3.63, 3.8) is 0 Å². The molecular formula is C23H28N4O2S. The molecule has 30 heavy (non-hydrogen) atoms. The Hall–Kier alpha value is -2.48. The molecule has 0 amide bonds. The molecule has 0 radical (unpaired) electrons. The highest BCUT2D eigenvalue weighted by Crippen LogP contribution is 2.25. The maximum absolute atomic E-state index is 11.8. The quantitative estimate of drug-likeness (QED) is 0.610. The van der Waals surface area contributed by atoms with Gasteiger partial charge in [0.05, 0.1) is 18.5 Å². The van der Waals surface area contributed by atoms with Crippen LogP contribution in [-0.2, 0) is 23.1 Å². The lowest BCUT2D eigenvalue weighted by atomic mass is 10.1. The lowest BCUT2D eigenvalue weighted by molar-refractivity contribution is 0.182. The third-order valence-corrected chi connectivity index (χ3v) is 6.81. The molecule has 158 valence electrons. The van der Waals surface area contributed by atoms with Crippen molar-refractivity contribution >= 4 is 10.0 Å². The number of nitrogens with zero attached hydrogens (tertiary/aromatic N) is 4. The van der Waals surface area contributed by atoms with Crippen molar-refractivity contribution in [1.29, 1.82) is 0 Å². The Balaban J connectivity index is 1.58. The van der Waals surface area contributed by atoms with Crippen LogP contribution in [0.25, 0.3) is 11.3 Å². The van der Waals surface area contributed by atoms with Crippen molar-refractivity contribution in [2.45, 2.75) is 20.0 Å². The van der Waals surface area contributed by atoms with Gasteiger partial charge in [0.1, 0.15) is 0 Å². The highest BCUT2D eigenvalue weighted by Gasteiger charge is 2.24. The van der Waals surface area contributed by atoms with Crippen molar-refractivity contribution in [2.75, 3.05) is 32.4 Å². The van der Waals surface area contributed by atoms with E-state index in [0.29, 0.717) is 13.1 Å². The van der Waals surface area contributed by atoms with E-state index < -0.39 is 10.0 Å². The lowest BCUT2D eigenvalue weighted by Gasteiger charge is -2.33. The first-order chi connectivity index (χ1) is 14.4. The molecular weight excluding hydrogens is 396 g/mol. The number of aromatic nitrogens is 2. The Kier molecular flexibility index (Phi) is 6.04. The van der Waals surface area contributed by atoms with E-state index in [9.17, 15) is 8.42 Å². The van der Waals surface area contributed by atoms with Gasteiger partial charge in [-0.15, -0.1) is 0 Å². The third kappa shape index (κ3) is 4.98. The zero-order chi connectivity index (χ0) is 21.1. The molecule has 1 fully saturated rings. The van der Waals surface area contributed by atoms with Gasteiger partial charge >= 0.3 is 0 Å². The fourth-order valence-corrected chi connectivity index (χ4v) is 4.75. The van der Waals surface area contributed by atoms with Gasteiger partial charge in [-0.25, -0.2) is 8.42 Å². The summed E-state index contributed by atoms with van der Waals surface area (Å²) in [6.07, 6.45) is 3.42. The second kappa shape index (κ2) is 8.71. The molecule has 1 aromatic heterocycles. The molecule has 1 aliphatic rings. The average molecular weight is 425 g/mol. The maximum Gasteiger partial charge on any atom is 0.211 e. The van der Waals surface area contributed by atoms with Crippen LogP contribution in [0, 0.1) is 6.92 Å². The first-order valence-corrected chi connectivity index (χ1v) is 12.1. The van der Waals surface area contributed by atoms with Crippen LogP contribution < -0.4 is 0 Å². The van der Waals surface area contributed by atoms with Crippen molar-refractivity contribution in [1.82, 2.24) is 19.0 Å². The number of piperazine rings is 1. The highest BCUT2D eigenvalue weighted by atomic mass is 32.2. The summed E-state index contributed by atoms with van der Waals surface area (Å²) in [5.41, 5.74) is 5.71. The molecule has 0 bridgehead atoms. The summed E-state index contributed by atoms with van der Waals surface area (Å²) in [7, 11) is -3.12. The fraction of sp³-hybridized carbons (Fsp3) is 0.348. The lowest BCUT2D eigenvalue weighted by Crippen LogP contribution is -2.47. The molecule has 4 rings (SSSR count). The van der Waals surface area contributed by atoms with Crippen LogP contribution in [0.3, 0.4) is 0 Å². The molecule has 6 nitrogen and oxygen atoms in total. The van der Waals surface area contributed by atoms with Crippen LogP contribution in [-0.4, -0.2) is 59.8 Å². The van der Waals surface area contributed by atoms with E-state index in [-0.39, 0.29) is 0 Å². The molecule has 7 heteroatoms. The Morgan fingerprint density at radius 3 is 2.33 bits per heavy atom. The van der Waals surface area contributed by atoms with Crippen molar-refractivity contribution in [2.24, 2.45) is 0 Å². The summed E-state index contributed by atoms with van der Waals surface area (Å²) in [6.45, 7) is 6.10. The normalized spacial score (nSPS) is 16.1.